The number of aromatic hydroxyl groups is 1. The van der Waals surface area contributed by atoms with Gasteiger partial charge in [0.15, 0.2) is 23.0 Å². The number of benzene rings is 2. The summed E-state index contributed by atoms with van der Waals surface area (Å²) in [7, 11) is 0. The lowest BCUT2D eigenvalue weighted by Gasteiger charge is -2.26. The van der Waals surface area contributed by atoms with Gasteiger partial charge in [-0.15, -0.1) is 0 Å². The Labute approximate surface area is 207 Å². The maximum atomic E-state index is 13.3. The highest BCUT2D eigenvalue weighted by Gasteiger charge is 2.46. The average molecular weight is 488 g/mol. The molecule has 0 radical (unpaired) electrons. The van der Waals surface area contributed by atoms with E-state index in [1.807, 2.05) is 0 Å². The molecule has 3 aromatic rings. The number of rotatable bonds is 6. The first-order valence-corrected chi connectivity index (χ1v) is 11.5. The minimum atomic E-state index is -0.925. The van der Waals surface area contributed by atoms with E-state index in [4.69, 9.17) is 14.2 Å². The third kappa shape index (κ3) is 4.19. The largest absolute Gasteiger partial charge is 0.507 e. The van der Waals surface area contributed by atoms with E-state index in [-0.39, 0.29) is 29.4 Å². The predicted molar refractivity (Wildman–Crippen MR) is 129 cm³/mol. The number of nitrogens with zero attached hydrogens (tertiary/aromatic N) is 2. The third-order valence-corrected chi connectivity index (χ3v) is 6.06. The number of ether oxygens (including phenoxy) is 3. The van der Waals surface area contributed by atoms with Gasteiger partial charge in [-0.1, -0.05) is 6.07 Å². The summed E-state index contributed by atoms with van der Waals surface area (Å²) in [4.78, 5) is 31.9. The molecule has 2 aliphatic heterocycles. The lowest BCUT2D eigenvalue weighted by Crippen LogP contribution is -2.29. The number of Topliss-reactive ketones (excluding diaryl/α,β-unsaturated/α-hetero) is 1. The zero-order chi connectivity index (χ0) is 25.2. The van der Waals surface area contributed by atoms with E-state index in [2.05, 4.69) is 4.98 Å². The minimum Gasteiger partial charge on any atom is -0.507 e. The van der Waals surface area contributed by atoms with Crippen LogP contribution < -0.4 is 14.2 Å². The van der Waals surface area contributed by atoms with Crippen LogP contribution in [0.3, 0.4) is 0 Å². The molecule has 2 N–H and O–H groups in total. The Morgan fingerprint density at radius 3 is 2.56 bits per heavy atom. The standard InChI is InChI=1S/C27H24N2O7/c1-2-34-21-13-17(3-5-19(21)30)24-23(25(31)18-4-6-20-22(14-18)36-12-11-35-20)26(32)27(33)29(24)15-16-7-9-28-10-8-16/h3-10,13-14,24,30-31H,2,11-12,15H2,1H3. The van der Waals surface area contributed by atoms with E-state index in [1.165, 1.54) is 11.0 Å². The molecule has 1 atom stereocenters. The summed E-state index contributed by atoms with van der Waals surface area (Å²) in [6, 6.07) is 12.0. The SMILES string of the molecule is CCOc1cc(C2C(=C(O)c3ccc4c(c3)OCCO4)C(=O)C(=O)N2Cc2ccncc2)ccc1O. The van der Waals surface area contributed by atoms with Gasteiger partial charge in [-0.2, -0.15) is 0 Å². The molecule has 1 saturated heterocycles. The molecule has 1 amide bonds. The Bertz CT molecular complexity index is 1350. The second-order valence-corrected chi connectivity index (χ2v) is 8.30. The van der Waals surface area contributed by atoms with Crippen LogP contribution in [0.2, 0.25) is 0 Å². The maximum Gasteiger partial charge on any atom is 0.295 e. The summed E-state index contributed by atoms with van der Waals surface area (Å²) in [5.74, 6) is -0.779. The normalized spacial score (nSPS) is 18.4. The van der Waals surface area contributed by atoms with Crippen molar-refractivity contribution in [3.63, 3.8) is 0 Å². The van der Waals surface area contributed by atoms with Crippen LogP contribution in [0.1, 0.15) is 29.7 Å². The highest BCUT2D eigenvalue weighted by molar-refractivity contribution is 6.46. The van der Waals surface area contributed by atoms with Crippen molar-refractivity contribution in [3.05, 3.63) is 83.2 Å². The van der Waals surface area contributed by atoms with Gasteiger partial charge < -0.3 is 29.3 Å². The fourth-order valence-corrected chi connectivity index (χ4v) is 4.39. The summed E-state index contributed by atoms with van der Waals surface area (Å²) in [5, 5.41) is 21.6. The van der Waals surface area contributed by atoms with E-state index >= 15 is 0 Å². The van der Waals surface area contributed by atoms with Crippen LogP contribution in [0.15, 0.2) is 66.5 Å². The Morgan fingerprint density at radius 2 is 1.81 bits per heavy atom. The van der Waals surface area contributed by atoms with Gasteiger partial charge in [-0.05, 0) is 60.5 Å². The summed E-state index contributed by atoms with van der Waals surface area (Å²) in [5.41, 5.74) is 1.51. The first-order valence-electron chi connectivity index (χ1n) is 11.5. The van der Waals surface area contributed by atoms with Crippen molar-refractivity contribution in [3.8, 4) is 23.0 Å². The van der Waals surface area contributed by atoms with Crippen molar-refractivity contribution in [2.75, 3.05) is 19.8 Å². The Balaban J connectivity index is 1.65. The van der Waals surface area contributed by atoms with Gasteiger partial charge in [0.05, 0.1) is 18.2 Å². The van der Waals surface area contributed by atoms with Crippen molar-refractivity contribution >= 4 is 17.4 Å². The average Bonchev–Trinajstić information content (AvgIpc) is 3.15. The van der Waals surface area contributed by atoms with E-state index < -0.39 is 17.7 Å². The molecule has 5 rings (SSSR count). The minimum absolute atomic E-state index is 0.0705. The molecule has 0 saturated carbocycles. The van der Waals surface area contributed by atoms with Crippen molar-refractivity contribution < 1.29 is 34.0 Å². The van der Waals surface area contributed by atoms with Crippen LogP contribution in [-0.2, 0) is 16.1 Å². The highest BCUT2D eigenvalue weighted by Crippen LogP contribution is 2.43. The number of aliphatic hydroxyl groups excluding tert-OH is 1. The topological polar surface area (TPSA) is 118 Å². The maximum absolute atomic E-state index is 13.3. The molecule has 2 aromatic carbocycles. The van der Waals surface area contributed by atoms with E-state index in [0.717, 1.165) is 5.56 Å². The zero-order valence-electron chi connectivity index (χ0n) is 19.5. The molecule has 1 fully saturated rings. The van der Waals surface area contributed by atoms with Crippen LogP contribution in [0.5, 0.6) is 23.0 Å². The van der Waals surface area contributed by atoms with Gasteiger partial charge in [-0.3, -0.25) is 14.6 Å². The molecule has 0 spiro atoms. The Kier molecular flexibility index (Phi) is 6.20. The third-order valence-electron chi connectivity index (χ3n) is 6.06. The molecule has 1 aromatic heterocycles. The number of pyridine rings is 1. The first kappa shape index (κ1) is 23.2. The molecule has 3 heterocycles. The molecular formula is C27H24N2O7. The van der Waals surface area contributed by atoms with Gasteiger partial charge in [-0.25, -0.2) is 0 Å². The molecule has 0 aliphatic carbocycles. The van der Waals surface area contributed by atoms with Gasteiger partial charge in [0.2, 0.25) is 0 Å². The van der Waals surface area contributed by atoms with Gasteiger partial charge in [0.1, 0.15) is 19.0 Å². The molecular weight excluding hydrogens is 464 g/mol. The lowest BCUT2D eigenvalue weighted by atomic mass is 9.94. The van der Waals surface area contributed by atoms with Crippen molar-refractivity contribution in [1.29, 1.82) is 0 Å². The van der Waals surface area contributed by atoms with Crippen LogP contribution >= 0.6 is 0 Å². The van der Waals surface area contributed by atoms with Crippen molar-refractivity contribution in [2.45, 2.75) is 19.5 Å². The molecule has 9 nitrogen and oxygen atoms in total. The van der Waals surface area contributed by atoms with Crippen LogP contribution in [0.4, 0.5) is 0 Å². The van der Waals surface area contributed by atoms with E-state index in [9.17, 15) is 19.8 Å². The number of amides is 1. The number of likely N-dealkylation sites (tertiary alicyclic amines) is 1. The molecule has 184 valence electrons. The number of phenols is 1. The van der Waals surface area contributed by atoms with E-state index in [0.29, 0.717) is 42.4 Å². The second-order valence-electron chi connectivity index (χ2n) is 8.30. The molecule has 0 bridgehead atoms. The zero-order valence-corrected chi connectivity index (χ0v) is 19.5. The fourth-order valence-electron chi connectivity index (χ4n) is 4.39. The summed E-state index contributed by atoms with van der Waals surface area (Å²) < 4.78 is 16.7. The lowest BCUT2D eigenvalue weighted by molar-refractivity contribution is -0.140. The second kappa shape index (κ2) is 9.61. The summed E-state index contributed by atoms with van der Waals surface area (Å²) in [6.45, 7) is 2.98. The molecule has 1 unspecified atom stereocenters. The number of carbonyl (C=O) groups is 2. The van der Waals surface area contributed by atoms with E-state index in [1.54, 1.807) is 61.8 Å². The first-order chi connectivity index (χ1) is 17.5. The summed E-state index contributed by atoms with van der Waals surface area (Å²) >= 11 is 0. The van der Waals surface area contributed by atoms with Crippen molar-refractivity contribution in [1.82, 2.24) is 9.88 Å². The number of hydrogen-bond acceptors (Lipinski definition) is 8. The molecule has 9 heteroatoms. The number of ketones is 1. The number of phenolic OH excluding ortho intramolecular Hbond substituents is 1. The summed E-state index contributed by atoms with van der Waals surface area (Å²) in [6.07, 6.45) is 3.20. The van der Waals surface area contributed by atoms with Gasteiger partial charge in [0, 0.05) is 24.5 Å². The highest BCUT2D eigenvalue weighted by atomic mass is 16.6. The fraction of sp³-hybridized carbons (Fsp3) is 0.222. The number of aromatic nitrogens is 1. The molecule has 2 aliphatic rings. The Morgan fingerprint density at radius 1 is 1.06 bits per heavy atom. The smallest absolute Gasteiger partial charge is 0.295 e. The Hall–Kier alpha value is -4.53. The van der Waals surface area contributed by atoms with Crippen molar-refractivity contribution in [2.24, 2.45) is 0 Å². The quantitative estimate of drug-likeness (QED) is 0.307. The van der Waals surface area contributed by atoms with Gasteiger partial charge in [0.25, 0.3) is 11.7 Å². The van der Waals surface area contributed by atoms with Crippen LogP contribution in [-0.4, -0.2) is 51.6 Å². The van der Waals surface area contributed by atoms with Crippen LogP contribution in [0, 0.1) is 0 Å². The van der Waals surface area contributed by atoms with Crippen LogP contribution in [0.25, 0.3) is 5.76 Å². The number of hydrogen-bond donors (Lipinski definition) is 2. The predicted octanol–water partition coefficient (Wildman–Crippen LogP) is 3.58. The number of aliphatic hydroxyl groups is 1. The molecule has 36 heavy (non-hydrogen) atoms. The van der Waals surface area contributed by atoms with Gasteiger partial charge >= 0.3 is 0 Å². The number of carbonyl (C=O) groups excluding carboxylic acids is 2. The number of fused-ring (bicyclic) bond motifs is 1. The monoisotopic (exact) mass is 488 g/mol.